The Hall–Kier alpha value is -1.75. The summed E-state index contributed by atoms with van der Waals surface area (Å²) in [4.78, 5) is 23.8. The Morgan fingerprint density at radius 3 is 2.33 bits per heavy atom. The summed E-state index contributed by atoms with van der Waals surface area (Å²) in [5.41, 5.74) is 0. The van der Waals surface area contributed by atoms with Crippen LogP contribution in [0.1, 0.15) is 32.6 Å². The van der Waals surface area contributed by atoms with Crippen LogP contribution in [0.2, 0.25) is 5.02 Å². The van der Waals surface area contributed by atoms with Gasteiger partial charge >= 0.3 is 0 Å². The lowest BCUT2D eigenvalue weighted by Crippen LogP contribution is -2.41. The van der Waals surface area contributed by atoms with Crippen molar-refractivity contribution in [3.05, 3.63) is 29.3 Å². The van der Waals surface area contributed by atoms with Gasteiger partial charge in [-0.3, -0.25) is 9.59 Å². The van der Waals surface area contributed by atoms with Crippen LogP contribution in [-0.4, -0.2) is 30.5 Å². The Balaban J connectivity index is 1.42. The van der Waals surface area contributed by atoms with Crippen LogP contribution in [0.5, 0.6) is 5.75 Å². The average molecular weight is 351 g/mol. The molecule has 130 valence electrons. The van der Waals surface area contributed by atoms with Crippen molar-refractivity contribution in [1.29, 1.82) is 0 Å². The minimum atomic E-state index is -0.124. The number of ether oxygens (including phenoxy) is 1. The Kier molecular flexibility index (Phi) is 5.29. The lowest BCUT2D eigenvalue weighted by atomic mass is 10.1. The molecule has 2 aliphatic rings. The first-order valence-electron chi connectivity index (χ1n) is 8.54. The molecule has 0 radical (unpaired) electrons. The van der Waals surface area contributed by atoms with Crippen molar-refractivity contribution in [1.82, 2.24) is 10.6 Å². The Morgan fingerprint density at radius 2 is 1.71 bits per heavy atom. The van der Waals surface area contributed by atoms with E-state index in [1.54, 1.807) is 24.3 Å². The molecule has 1 aromatic rings. The maximum Gasteiger partial charge on any atom is 0.258 e. The van der Waals surface area contributed by atoms with Crippen molar-refractivity contribution in [3.63, 3.8) is 0 Å². The first kappa shape index (κ1) is 17.1. The summed E-state index contributed by atoms with van der Waals surface area (Å²) < 4.78 is 5.46. The van der Waals surface area contributed by atoms with E-state index in [9.17, 15) is 9.59 Å². The van der Waals surface area contributed by atoms with Crippen LogP contribution in [0.3, 0.4) is 0 Å². The lowest BCUT2D eigenvalue weighted by Gasteiger charge is -2.19. The molecular weight excluding hydrogens is 328 g/mol. The van der Waals surface area contributed by atoms with Crippen LogP contribution in [-0.2, 0) is 9.59 Å². The minimum absolute atomic E-state index is 0.0115. The van der Waals surface area contributed by atoms with E-state index >= 15 is 0 Å². The van der Waals surface area contributed by atoms with Crippen LogP contribution in [0.15, 0.2) is 24.3 Å². The molecule has 0 saturated heterocycles. The zero-order valence-electron chi connectivity index (χ0n) is 13.8. The molecule has 5 nitrogen and oxygen atoms in total. The molecule has 2 N–H and O–H groups in total. The molecule has 0 spiro atoms. The number of rotatable bonds is 7. The van der Waals surface area contributed by atoms with Gasteiger partial charge in [0, 0.05) is 23.5 Å². The molecule has 0 aromatic heterocycles. The zero-order valence-corrected chi connectivity index (χ0v) is 14.5. The number of amides is 2. The summed E-state index contributed by atoms with van der Waals surface area (Å²) in [5, 5.41) is 6.78. The van der Waals surface area contributed by atoms with Crippen LogP contribution in [0.25, 0.3) is 0 Å². The Labute approximate surface area is 147 Å². The number of carbonyl (C=O) groups excluding carboxylic acids is 2. The number of hydrogen-bond donors (Lipinski definition) is 2. The molecule has 2 unspecified atom stereocenters. The average Bonchev–Trinajstić information content (AvgIpc) is 3.28. The first-order valence-corrected chi connectivity index (χ1v) is 8.91. The van der Waals surface area contributed by atoms with Gasteiger partial charge in [-0.2, -0.15) is 0 Å². The Morgan fingerprint density at radius 1 is 1.08 bits per heavy atom. The molecule has 0 heterocycles. The summed E-state index contributed by atoms with van der Waals surface area (Å²) in [6, 6.07) is 7.27. The van der Waals surface area contributed by atoms with E-state index in [-0.39, 0.29) is 30.5 Å². The maximum absolute atomic E-state index is 12.1. The van der Waals surface area contributed by atoms with Gasteiger partial charge in [0.25, 0.3) is 5.91 Å². The molecule has 24 heavy (non-hydrogen) atoms. The van der Waals surface area contributed by atoms with Crippen LogP contribution < -0.4 is 15.4 Å². The molecule has 6 heteroatoms. The van der Waals surface area contributed by atoms with Gasteiger partial charge < -0.3 is 15.4 Å². The SMILES string of the molecule is CCCC(=O)N[C@@H]1C[C@H](NC(=O)COc2ccc(Cl)cc2)C2CC21. The molecule has 2 fully saturated rings. The summed E-state index contributed by atoms with van der Waals surface area (Å²) >= 11 is 5.81. The maximum atomic E-state index is 12.1. The van der Waals surface area contributed by atoms with Gasteiger partial charge in [-0.25, -0.2) is 0 Å². The fourth-order valence-corrected chi connectivity index (χ4v) is 3.68. The zero-order chi connectivity index (χ0) is 17.1. The second kappa shape index (κ2) is 7.43. The second-order valence-corrected chi connectivity index (χ2v) is 7.08. The summed E-state index contributed by atoms with van der Waals surface area (Å²) in [5.74, 6) is 1.63. The number of fused-ring (bicyclic) bond motifs is 1. The third kappa shape index (κ3) is 4.20. The molecular formula is C18H23ClN2O3. The number of carbonyl (C=O) groups is 2. The van der Waals surface area contributed by atoms with Gasteiger partial charge in [0.15, 0.2) is 6.61 Å². The van der Waals surface area contributed by atoms with Crippen LogP contribution >= 0.6 is 11.6 Å². The molecule has 2 aliphatic carbocycles. The van der Waals surface area contributed by atoms with Crippen molar-refractivity contribution in [2.45, 2.75) is 44.7 Å². The van der Waals surface area contributed by atoms with E-state index in [4.69, 9.17) is 16.3 Å². The molecule has 4 atom stereocenters. The number of nitrogens with one attached hydrogen (secondary N) is 2. The third-order valence-corrected chi connectivity index (χ3v) is 5.04. The molecule has 3 rings (SSSR count). The predicted octanol–water partition coefficient (Wildman–Crippen LogP) is 2.53. The van der Waals surface area contributed by atoms with Crippen molar-refractivity contribution >= 4 is 23.4 Å². The molecule has 1 aromatic carbocycles. The van der Waals surface area contributed by atoms with E-state index in [1.165, 1.54) is 0 Å². The first-order chi connectivity index (χ1) is 11.6. The van der Waals surface area contributed by atoms with Gasteiger partial charge in [-0.05, 0) is 55.4 Å². The second-order valence-electron chi connectivity index (χ2n) is 6.64. The third-order valence-electron chi connectivity index (χ3n) is 4.79. The van der Waals surface area contributed by atoms with E-state index in [1.807, 2.05) is 6.92 Å². The van der Waals surface area contributed by atoms with Crippen molar-refractivity contribution in [2.75, 3.05) is 6.61 Å². The molecule has 0 aliphatic heterocycles. The van der Waals surface area contributed by atoms with Crippen LogP contribution in [0.4, 0.5) is 0 Å². The topological polar surface area (TPSA) is 67.4 Å². The van der Waals surface area contributed by atoms with Crippen molar-refractivity contribution < 1.29 is 14.3 Å². The monoisotopic (exact) mass is 350 g/mol. The molecule has 2 saturated carbocycles. The highest BCUT2D eigenvalue weighted by molar-refractivity contribution is 6.30. The van der Waals surface area contributed by atoms with E-state index in [0.29, 0.717) is 29.0 Å². The quantitative estimate of drug-likeness (QED) is 0.794. The number of hydrogen-bond acceptors (Lipinski definition) is 3. The summed E-state index contributed by atoms with van der Waals surface area (Å²) in [7, 11) is 0. The van der Waals surface area contributed by atoms with E-state index in [0.717, 1.165) is 19.3 Å². The highest BCUT2D eigenvalue weighted by Gasteiger charge is 2.55. The number of benzene rings is 1. The van der Waals surface area contributed by atoms with Gasteiger partial charge in [0.1, 0.15) is 5.75 Å². The highest BCUT2D eigenvalue weighted by Crippen LogP contribution is 2.51. The fourth-order valence-electron chi connectivity index (χ4n) is 3.55. The summed E-state index contributed by atoms with van der Waals surface area (Å²) in [6.07, 6.45) is 3.33. The standard InChI is InChI=1S/C18H23ClN2O3/c1-2-3-17(22)20-15-9-16(14-8-13(14)15)21-18(23)10-24-12-6-4-11(19)5-7-12/h4-7,13-16H,2-3,8-10H2,1H3,(H,20,22)(H,21,23)/t13?,14?,15-,16+/m1/s1. The minimum Gasteiger partial charge on any atom is -0.484 e. The number of halogens is 1. The smallest absolute Gasteiger partial charge is 0.258 e. The predicted molar refractivity (Wildman–Crippen MR) is 91.9 cm³/mol. The van der Waals surface area contributed by atoms with Gasteiger partial charge in [0.05, 0.1) is 0 Å². The van der Waals surface area contributed by atoms with Crippen LogP contribution in [0, 0.1) is 11.8 Å². The molecule has 2 amide bonds. The highest BCUT2D eigenvalue weighted by atomic mass is 35.5. The van der Waals surface area contributed by atoms with Crippen molar-refractivity contribution in [3.8, 4) is 5.75 Å². The van der Waals surface area contributed by atoms with E-state index in [2.05, 4.69) is 10.6 Å². The largest absolute Gasteiger partial charge is 0.484 e. The lowest BCUT2D eigenvalue weighted by molar-refractivity contribution is -0.123. The normalized spacial score (nSPS) is 27.2. The van der Waals surface area contributed by atoms with Gasteiger partial charge in [-0.15, -0.1) is 0 Å². The van der Waals surface area contributed by atoms with E-state index < -0.39 is 0 Å². The van der Waals surface area contributed by atoms with Crippen molar-refractivity contribution in [2.24, 2.45) is 11.8 Å². The van der Waals surface area contributed by atoms with Gasteiger partial charge in [-0.1, -0.05) is 18.5 Å². The Bertz CT molecular complexity index is 605. The van der Waals surface area contributed by atoms with Gasteiger partial charge in [0.2, 0.25) is 5.91 Å². The fraction of sp³-hybridized carbons (Fsp3) is 0.556. The summed E-state index contributed by atoms with van der Waals surface area (Å²) in [6.45, 7) is 1.99. The molecule has 0 bridgehead atoms.